The second-order valence-corrected chi connectivity index (χ2v) is 17.7. The van der Waals surface area contributed by atoms with Gasteiger partial charge in [0.05, 0.1) is 47.1 Å². The van der Waals surface area contributed by atoms with Crippen molar-refractivity contribution in [3.63, 3.8) is 0 Å². The van der Waals surface area contributed by atoms with E-state index in [2.05, 4.69) is 47.6 Å². The zero-order valence-corrected chi connectivity index (χ0v) is 35.3. The lowest BCUT2D eigenvalue weighted by Crippen LogP contribution is -2.44. The molecule has 63 heavy (non-hydrogen) atoms. The molecule has 5 aliphatic rings. The number of alkyl halides is 2. The van der Waals surface area contributed by atoms with Gasteiger partial charge >= 0.3 is 5.92 Å². The minimum atomic E-state index is -3.15. The smallest absolute Gasteiger partial charge is 0.301 e. The number of rotatable bonds is 7. The minimum absolute atomic E-state index is 0.123. The maximum atomic E-state index is 15.2. The second-order valence-electron chi connectivity index (χ2n) is 17.3. The average molecular weight is 880 g/mol. The predicted molar refractivity (Wildman–Crippen MR) is 231 cm³/mol. The molecule has 2 atom stereocenters. The molecule has 0 spiro atoms. The molecule has 3 N–H and O–H groups in total. The summed E-state index contributed by atoms with van der Waals surface area (Å²) in [6, 6.07) is 10.4. The van der Waals surface area contributed by atoms with Gasteiger partial charge in [-0.3, -0.25) is 24.4 Å². The van der Waals surface area contributed by atoms with Crippen LogP contribution in [-0.4, -0.2) is 89.1 Å². The summed E-state index contributed by atoms with van der Waals surface area (Å²) in [4.78, 5) is 51.4. The fraction of sp³-hybridized carbons (Fsp3) is 0.442. The van der Waals surface area contributed by atoms with Crippen molar-refractivity contribution < 1.29 is 23.1 Å². The number of piperidine rings is 2. The molecule has 2 unspecified atom stereocenters. The fourth-order valence-corrected chi connectivity index (χ4v) is 9.89. The number of anilines is 5. The molecular formula is C43H44ClF2N13O4. The Balaban J connectivity index is 0.775. The Morgan fingerprint density at radius 1 is 0.921 bits per heavy atom. The second kappa shape index (κ2) is 14.9. The monoisotopic (exact) mass is 879 g/mol. The van der Waals surface area contributed by atoms with Gasteiger partial charge in [-0.2, -0.15) is 10.1 Å². The van der Waals surface area contributed by atoms with Gasteiger partial charge < -0.3 is 34.3 Å². The summed E-state index contributed by atoms with van der Waals surface area (Å²) < 4.78 is 41.3. The zero-order valence-electron chi connectivity index (χ0n) is 34.6. The molecule has 11 rings (SSSR count). The van der Waals surface area contributed by atoms with E-state index in [0.29, 0.717) is 84.4 Å². The number of fused-ring (bicyclic) bond motifs is 5. The number of hydrogen-bond acceptors (Lipinski definition) is 13. The number of aromatic nitrogens is 8. The number of benzene rings is 2. The van der Waals surface area contributed by atoms with Crippen LogP contribution in [0.3, 0.4) is 0 Å². The molecule has 1 saturated carbocycles. The number of carbonyl (C=O) groups is 2. The summed E-state index contributed by atoms with van der Waals surface area (Å²) in [6.45, 7) is 2.55. The molecule has 2 saturated heterocycles. The molecule has 3 fully saturated rings. The first-order valence-corrected chi connectivity index (χ1v) is 21.7. The third-order valence-corrected chi connectivity index (χ3v) is 13.6. The molecule has 2 amide bonds. The third-order valence-electron chi connectivity index (χ3n) is 13.3. The van der Waals surface area contributed by atoms with Gasteiger partial charge in [0.15, 0.2) is 18.2 Å². The van der Waals surface area contributed by atoms with Crippen LogP contribution >= 0.6 is 11.6 Å². The van der Waals surface area contributed by atoms with E-state index in [0.717, 1.165) is 54.2 Å². The van der Waals surface area contributed by atoms with Crippen molar-refractivity contribution >= 4 is 74.0 Å². The van der Waals surface area contributed by atoms with Gasteiger partial charge in [0.25, 0.3) is 5.56 Å². The Bertz CT molecular complexity index is 2920. The van der Waals surface area contributed by atoms with Gasteiger partial charge in [-0.05, 0) is 74.4 Å². The van der Waals surface area contributed by atoms with Crippen LogP contribution < -0.4 is 36.0 Å². The number of aryl methyl sites for hydroxylation is 2. The van der Waals surface area contributed by atoms with E-state index in [1.807, 2.05) is 22.7 Å². The van der Waals surface area contributed by atoms with Crippen LogP contribution in [0.1, 0.15) is 67.7 Å². The largest absolute Gasteiger partial charge is 0.480 e. The van der Waals surface area contributed by atoms with Crippen molar-refractivity contribution in [2.24, 2.45) is 20.0 Å². The first kappa shape index (κ1) is 39.5. The molecule has 326 valence electrons. The highest BCUT2D eigenvalue weighted by Gasteiger charge is 2.51. The van der Waals surface area contributed by atoms with Crippen LogP contribution in [0.4, 0.5) is 37.6 Å². The Labute approximate surface area is 363 Å². The molecular weight excluding hydrogens is 836 g/mol. The van der Waals surface area contributed by atoms with Gasteiger partial charge in [0.1, 0.15) is 10.8 Å². The summed E-state index contributed by atoms with van der Waals surface area (Å²) in [5.41, 5.74) is 3.66. The van der Waals surface area contributed by atoms with E-state index in [1.54, 1.807) is 31.4 Å². The maximum Gasteiger partial charge on any atom is 0.301 e. The first-order valence-electron chi connectivity index (χ1n) is 21.4. The van der Waals surface area contributed by atoms with E-state index >= 15 is 8.78 Å². The van der Waals surface area contributed by atoms with E-state index < -0.39 is 30.0 Å². The molecule has 4 aliphatic heterocycles. The average Bonchev–Trinajstić information content (AvgIpc) is 3.97. The lowest BCUT2D eigenvalue weighted by molar-refractivity contribution is -0.134. The summed E-state index contributed by atoms with van der Waals surface area (Å²) >= 11 is 6.65. The standard InChI is InChI=1S/C43H44ClF2N13O4/c1-55-30-9-5-24(17-28(30)35-36(41(55)62)63-21-43(45,46)37(50-35)22-3-4-22)48-38-29(44)19-47-42(51-38)58-15-16-59-32(20-58)52-53-39(59)23-11-13-57(14-12-23)25-6-7-26-31(18-25)56(2)54-34(26)27-8-10-33(60)49-40(27)61/h5-7,9,17-19,22-23,27,37,50H,3-4,8,10-16,20-21H2,1-2H3,(H,47,48,51)(H,49,60,61). The number of ether oxygens (including phenoxy) is 1. The van der Waals surface area contributed by atoms with Crippen molar-refractivity contribution in [1.29, 1.82) is 0 Å². The van der Waals surface area contributed by atoms with Gasteiger partial charge in [-0.25, -0.2) is 13.8 Å². The van der Waals surface area contributed by atoms with E-state index in [1.165, 1.54) is 4.57 Å². The Morgan fingerprint density at radius 2 is 1.75 bits per heavy atom. The SMILES string of the molecule is Cn1nc(C2CCC(=O)NC2=O)c2ccc(N3CCC(c4nnc5n4CCN(c4ncc(Cl)c(Nc6ccc7c(c6)c6c(c(=O)n7C)OCC(F)(F)C(C7CC7)N6)n4)C5)CC3)cc21. The molecule has 8 heterocycles. The summed E-state index contributed by atoms with van der Waals surface area (Å²) in [6.07, 6.45) is 5.50. The topological polar surface area (TPSA) is 182 Å². The van der Waals surface area contributed by atoms with Crippen molar-refractivity contribution in [1.82, 2.24) is 44.4 Å². The molecule has 1 aliphatic carbocycles. The molecule has 2 aromatic carbocycles. The molecule has 6 aromatic rings. The van der Waals surface area contributed by atoms with Crippen LogP contribution in [0.25, 0.3) is 21.8 Å². The van der Waals surface area contributed by atoms with Crippen molar-refractivity contribution in [3.8, 4) is 5.75 Å². The van der Waals surface area contributed by atoms with E-state index in [4.69, 9.17) is 31.5 Å². The van der Waals surface area contributed by atoms with Crippen LogP contribution in [0, 0.1) is 5.92 Å². The van der Waals surface area contributed by atoms with E-state index in [-0.39, 0.29) is 35.1 Å². The molecule has 17 nitrogen and oxygen atoms in total. The van der Waals surface area contributed by atoms with Crippen LogP contribution in [0.5, 0.6) is 5.75 Å². The normalized spacial score (nSPS) is 21.4. The number of pyridine rings is 1. The number of nitrogens with one attached hydrogen (secondary N) is 3. The number of hydrogen-bond donors (Lipinski definition) is 3. The highest BCUT2D eigenvalue weighted by Crippen LogP contribution is 2.46. The number of carbonyl (C=O) groups excluding carboxylic acids is 2. The number of halogens is 3. The lowest BCUT2D eigenvalue weighted by Gasteiger charge is -2.34. The summed E-state index contributed by atoms with van der Waals surface area (Å²) in [7, 11) is 3.48. The van der Waals surface area contributed by atoms with Gasteiger partial charge in [0.2, 0.25) is 23.5 Å². The minimum Gasteiger partial charge on any atom is -0.480 e. The van der Waals surface area contributed by atoms with Gasteiger partial charge in [-0.1, -0.05) is 11.6 Å². The van der Waals surface area contributed by atoms with Crippen molar-refractivity contribution in [2.45, 2.75) is 75.4 Å². The Morgan fingerprint density at radius 3 is 2.54 bits per heavy atom. The van der Waals surface area contributed by atoms with Crippen LogP contribution in [0.15, 0.2) is 47.4 Å². The fourth-order valence-electron chi connectivity index (χ4n) is 9.75. The predicted octanol–water partition coefficient (Wildman–Crippen LogP) is 5.35. The Kier molecular flexibility index (Phi) is 9.32. The Hall–Kier alpha value is -6.37. The van der Waals surface area contributed by atoms with Crippen molar-refractivity contribution in [3.05, 3.63) is 75.3 Å². The van der Waals surface area contributed by atoms with Crippen LogP contribution in [0.2, 0.25) is 5.02 Å². The number of nitrogens with zero attached hydrogens (tertiary/aromatic N) is 10. The van der Waals surface area contributed by atoms with Gasteiger partial charge in [0, 0.05) is 74.8 Å². The van der Waals surface area contributed by atoms with Crippen LogP contribution in [-0.2, 0) is 36.8 Å². The van der Waals surface area contributed by atoms with Gasteiger partial charge in [-0.15, -0.1) is 10.2 Å². The zero-order chi connectivity index (χ0) is 43.3. The maximum absolute atomic E-state index is 15.2. The summed E-state index contributed by atoms with van der Waals surface area (Å²) in [5, 5.41) is 24.6. The third kappa shape index (κ3) is 6.87. The number of imide groups is 1. The first-order chi connectivity index (χ1) is 30.4. The van der Waals surface area contributed by atoms with Crippen molar-refractivity contribution in [2.75, 3.05) is 46.7 Å². The number of amides is 2. The molecule has 4 aromatic heterocycles. The highest BCUT2D eigenvalue weighted by atomic mass is 35.5. The molecule has 20 heteroatoms. The highest BCUT2D eigenvalue weighted by molar-refractivity contribution is 6.33. The lowest BCUT2D eigenvalue weighted by atomic mass is 9.92. The molecule has 0 radical (unpaired) electrons. The summed E-state index contributed by atoms with van der Waals surface area (Å²) in [5.74, 6) is -1.57. The van der Waals surface area contributed by atoms with E-state index in [9.17, 15) is 14.4 Å². The quantitative estimate of drug-likeness (QED) is 0.175. The molecule has 0 bridgehead atoms.